The molecule has 0 saturated carbocycles. The highest BCUT2D eigenvalue weighted by molar-refractivity contribution is 5.89. The molecule has 0 unspecified atom stereocenters. The van der Waals surface area contributed by atoms with E-state index in [0.717, 1.165) is 42.4 Å². The van der Waals surface area contributed by atoms with Crippen LogP contribution >= 0.6 is 0 Å². The summed E-state index contributed by atoms with van der Waals surface area (Å²) in [4.78, 5) is 17.0. The minimum Gasteiger partial charge on any atom is -0.366 e. The normalized spacial score (nSPS) is 15.2. The fourth-order valence-electron chi connectivity index (χ4n) is 2.47. The van der Waals surface area contributed by atoms with Crippen molar-refractivity contribution < 1.29 is 4.92 Å². The molecule has 2 heterocycles. The maximum atomic E-state index is 11.2. The summed E-state index contributed by atoms with van der Waals surface area (Å²) in [6.07, 6.45) is 5.60. The van der Waals surface area contributed by atoms with E-state index < -0.39 is 0 Å². The number of aromatic nitrogens is 1. The summed E-state index contributed by atoms with van der Waals surface area (Å²) in [5.41, 5.74) is 0.911. The Balaban J connectivity index is 2.20. The molecule has 92 valence electrons. The fraction of sp³-hybridized carbons (Fsp3) is 0.308. The van der Waals surface area contributed by atoms with Crippen LogP contribution in [0.2, 0.25) is 0 Å². The van der Waals surface area contributed by atoms with E-state index in [-0.39, 0.29) is 10.6 Å². The van der Waals surface area contributed by atoms with Gasteiger partial charge in [0.25, 0.3) is 5.69 Å². The van der Waals surface area contributed by atoms with Gasteiger partial charge in [-0.15, -0.1) is 0 Å². The van der Waals surface area contributed by atoms with Gasteiger partial charge in [-0.05, 0) is 30.4 Å². The summed E-state index contributed by atoms with van der Waals surface area (Å²) in [7, 11) is 0. The van der Waals surface area contributed by atoms with Crippen molar-refractivity contribution >= 4 is 22.1 Å². The maximum Gasteiger partial charge on any atom is 0.293 e. The summed E-state index contributed by atoms with van der Waals surface area (Å²) in [5, 5.41) is 13.0. The molecule has 1 saturated heterocycles. The van der Waals surface area contributed by atoms with Crippen LogP contribution in [0.1, 0.15) is 12.8 Å². The molecule has 18 heavy (non-hydrogen) atoms. The molecule has 0 bridgehead atoms. The number of pyridine rings is 1. The van der Waals surface area contributed by atoms with Crippen LogP contribution in [0, 0.1) is 10.1 Å². The molecule has 0 aliphatic carbocycles. The van der Waals surface area contributed by atoms with Crippen LogP contribution < -0.4 is 4.90 Å². The minimum atomic E-state index is -0.298. The lowest BCUT2D eigenvalue weighted by atomic mass is 10.1. The van der Waals surface area contributed by atoms with Gasteiger partial charge in [0.2, 0.25) is 0 Å². The van der Waals surface area contributed by atoms with Gasteiger partial charge < -0.3 is 4.90 Å². The quantitative estimate of drug-likeness (QED) is 0.601. The van der Waals surface area contributed by atoms with Crippen molar-refractivity contribution in [1.29, 1.82) is 0 Å². The monoisotopic (exact) mass is 243 g/mol. The van der Waals surface area contributed by atoms with E-state index in [1.54, 1.807) is 24.5 Å². The van der Waals surface area contributed by atoms with Gasteiger partial charge in [0, 0.05) is 36.9 Å². The van der Waals surface area contributed by atoms with Crippen molar-refractivity contribution in [3.63, 3.8) is 0 Å². The maximum absolute atomic E-state index is 11.2. The Hall–Kier alpha value is -2.17. The van der Waals surface area contributed by atoms with Crippen molar-refractivity contribution in [2.24, 2.45) is 0 Å². The van der Waals surface area contributed by atoms with Crippen molar-refractivity contribution in [3.05, 3.63) is 40.7 Å². The number of nitro benzene ring substituents is 1. The molecule has 1 aliphatic heterocycles. The number of nitrogens with zero attached hydrogens (tertiary/aromatic N) is 3. The van der Waals surface area contributed by atoms with Gasteiger partial charge >= 0.3 is 0 Å². The summed E-state index contributed by atoms with van der Waals surface area (Å²) in [6.45, 7) is 1.79. The van der Waals surface area contributed by atoms with Crippen LogP contribution in [-0.4, -0.2) is 23.0 Å². The largest absolute Gasteiger partial charge is 0.366 e. The van der Waals surface area contributed by atoms with E-state index in [1.807, 2.05) is 6.07 Å². The number of anilines is 1. The lowest BCUT2D eigenvalue weighted by Crippen LogP contribution is -2.18. The second-order valence-corrected chi connectivity index (χ2v) is 4.52. The van der Waals surface area contributed by atoms with Crippen LogP contribution in [-0.2, 0) is 0 Å². The smallest absolute Gasteiger partial charge is 0.293 e. The first-order chi connectivity index (χ1) is 8.75. The van der Waals surface area contributed by atoms with Gasteiger partial charge in [0.1, 0.15) is 5.69 Å². The van der Waals surface area contributed by atoms with Crippen molar-refractivity contribution in [3.8, 4) is 0 Å². The second-order valence-electron chi connectivity index (χ2n) is 4.52. The van der Waals surface area contributed by atoms with Gasteiger partial charge in [-0.1, -0.05) is 0 Å². The molecule has 0 radical (unpaired) electrons. The highest BCUT2D eigenvalue weighted by atomic mass is 16.6. The summed E-state index contributed by atoms with van der Waals surface area (Å²) in [5.74, 6) is 0. The number of fused-ring (bicyclic) bond motifs is 1. The molecule has 1 aliphatic rings. The Morgan fingerprint density at radius 3 is 2.72 bits per heavy atom. The van der Waals surface area contributed by atoms with Gasteiger partial charge in [0.15, 0.2) is 0 Å². The van der Waals surface area contributed by atoms with E-state index >= 15 is 0 Å². The Labute approximate surface area is 104 Å². The first-order valence-electron chi connectivity index (χ1n) is 6.03. The van der Waals surface area contributed by atoms with Crippen LogP contribution in [0.3, 0.4) is 0 Å². The number of hydrogen-bond acceptors (Lipinski definition) is 4. The molecule has 0 N–H and O–H groups in total. The van der Waals surface area contributed by atoms with E-state index in [1.165, 1.54) is 0 Å². The predicted molar refractivity (Wildman–Crippen MR) is 69.8 cm³/mol. The summed E-state index contributed by atoms with van der Waals surface area (Å²) in [6, 6.07) is 5.33. The molecule has 1 aromatic heterocycles. The van der Waals surface area contributed by atoms with Crippen LogP contribution in [0.4, 0.5) is 11.4 Å². The Kier molecular flexibility index (Phi) is 2.59. The molecule has 5 nitrogen and oxygen atoms in total. The van der Waals surface area contributed by atoms with Crippen LogP contribution in [0.15, 0.2) is 30.6 Å². The number of nitro groups is 1. The van der Waals surface area contributed by atoms with Crippen molar-refractivity contribution in [1.82, 2.24) is 4.98 Å². The number of benzene rings is 1. The first kappa shape index (κ1) is 11.0. The summed E-state index contributed by atoms with van der Waals surface area (Å²) >= 11 is 0. The molecule has 0 spiro atoms. The Morgan fingerprint density at radius 1 is 1.22 bits per heavy atom. The lowest BCUT2D eigenvalue weighted by Gasteiger charge is -2.17. The molecule has 3 rings (SSSR count). The predicted octanol–water partition coefficient (Wildman–Crippen LogP) is 2.74. The van der Waals surface area contributed by atoms with Crippen molar-refractivity contribution in [2.75, 3.05) is 18.0 Å². The Bertz CT molecular complexity index is 606. The number of rotatable bonds is 2. The second kappa shape index (κ2) is 4.25. The molecule has 1 fully saturated rings. The molecular weight excluding hydrogens is 230 g/mol. The van der Waals surface area contributed by atoms with E-state index in [2.05, 4.69) is 9.88 Å². The molecule has 2 aromatic rings. The van der Waals surface area contributed by atoms with E-state index in [4.69, 9.17) is 0 Å². The summed E-state index contributed by atoms with van der Waals surface area (Å²) < 4.78 is 0. The van der Waals surface area contributed by atoms with Gasteiger partial charge in [-0.3, -0.25) is 15.1 Å². The topological polar surface area (TPSA) is 59.3 Å². The third-order valence-electron chi connectivity index (χ3n) is 3.38. The molecule has 1 aromatic carbocycles. The molecule has 0 atom stereocenters. The standard InChI is InChI=1S/C13H13N3O2/c17-16(18)13-7-10-3-4-14-9-11(10)8-12(13)15-5-1-2-6-15/h3-4,7-9H,1-2,5-6H2. The lowest BCUT2D eigenvalue weighted by molar-refractivity contribution is -0.384. The zero-order valence-electron chi connectivity index (χ0n) is 9.87. The molecular formula is C13H13N3O2. The third kappa shape index (κ3) is 1.77. The highest BCUT2D eigenvalue weighted by Crippen LogP contribution is 2.34. The van der Waals surface area contributed by atoms with Gasteiger partial charge in [-0.2, -0.15) is 0 Å². The van der Waals surface area contributed by atoms with Crippen LogP contribution in [0.25, 0.3) is 10.8 Å². The average Bonchev–Trinajstić information content (AvgIpc) is 2.91. The zero-order valence-corrected chi connectivity index (χ0v) is 9.87. The Morgan fingerprint density at radius 2 is 2.00 bits per heavy atom. The fourth-order valence-corrected chi connectivity index (χ4v) is 2.47. The van der Waals surface area contributed by atoms with Gasteiger partial charge in [-0.25, -0.2) is 0 Å². The van der Waals surface area contributed by atoms with Gasteiger partial charge in [0.05, 0.1) is 4.92 Å². The van der Waals surface area contributed by atoms with Crippen molar-refractivity contribution in [2.45, 2.75) is 12.8 Å². The third-order valence-corrected chi connectivity index (χ3v) is 3.38. The average molecular weight is 243 g/mol. The number of hydrogen-bond donors (Lipinski definition) is 0. The SMILES string of the molecule is O=[N+]([O-])c1cc2ccncc2cc1N1CCCC1. The first-order valence-corrected chi connectivity index (χ1v) is 6.03. The minimum absolute atomic E-state index is 0.190. The zero-order chi connectivity index (χ0) is 12.5. The van der Waals surface area contributed by atoms with E-state index in [9.17, 15) is 10.1 Å². The molecule has 0 amide bonds. The van der Waals surface area contributed by atoms with E-state index in [0.29, 0.717) is 0 Å². The van der Waals surface area contributed by atoms with Crippen LogP contribution in [0.5, 0.6) is 0 Å². The highest BCUT2D eigenvalue weighted by Gasteiger charge is 2.22. The molecule has 5 heteroatoms.